The third-order valence-electron chi connectivity index (χ3n) is 6.12. The number of halogens is 1. The van der Waals surface area contributed by atoms with Crippen LogP contribution in [0, 0.1) is 5.41 Å². The Kier molecular flexibility index (Phi) is 9.31. The van der Waals surface area contributed by atoms with Gasteiger partial charge < -0.3 is 15.6 Å². The fourth-order valence-corrected chi connectivity index (χ4v) is 6.14. The molecular formula is C29H35BrN4O6S. The van der Waals surface area contributed by atoms with Crippen molar-refractivity contribution in [3.63, 3.8) is 0 Å². The minimum Gasteiger partial charge on any atom is -0.480 e. The first-order chi connectivity index (χ1) is 18.9. The third-order valence-corrected chi connectivity index (χ3v) is 8.82. The van der Waals surface area contributed by atoms with E-state index >= 15 is 0 Å². The minimum atomic E-state index is -4.33. The summed E-state index contributed by atoms with van der Waals surface area (Å²) in [5.74, 6) is -1.40. The Labute approximate surface area is 249 Å². The summed E-state index contributed by atoms with van der Waals surface area (Å²) in [6, 6.07) is 12.8. The van der Waals surface area contributed by atoms with Crippen molar-refractivity contribution in [1.82, 2.24) is 9.97 Å². The number of rotatable bonds is 8. The molecule has 0 aliphatic carbocycles. The highest BCUT2D eigenvalue weighted by Gasteiger charge is 2.46. The molecular weight excluding hydrogens is 612 g/mol. The van der Waals surface area contributed by atoms with E-state index in [0.29, 0.717) is 5.56 Å². The maximum Gasteiger partial charge on any atom is 0.416 e. The molecule has 41 heavy (non-hydrogen) atoms. The number of carbonyl (C=O) groups is 2. The number of anilines is 1. The molecule has 3 aromatic rings. The number of ether oxygens (including phenoxy) is 1. The van der Waals surface area contributed by atoms with E-state index in [1.807, 2.05) is 0 Å². The quantitative estimate of drug-likeness (QED) is 0.331. The van der Waals surface area contributed by atoms with Crippen LogP contribution in [0.1, 0.15) is 52.8 Å². The summed E-state index contributed by atoms with van der Waals surface area (Å²) in [4.78, 5) is 33.2. The normalized spacial score (nSPS) is 14.5. The highest BCUT2D eigenvalue weighted by atomic mass is 79.9. The fourth-order valence-electron chi connectivity index (χ4n) is 4.25. The Morgan fingerprint density at radius 2 is 1.66 bits per heavy atom. The lowest BCUT2D eigenvalue weighted by Gasteiger charge is -2.37. The fraction of sp³-hybridized carbons (Fsp3) is 0.379. The molecule has 2 atom stereocenters. The summed E-state index contributed by atoms with van der Waals surface area (Å²) < 4.78 is 34.6. The van der Waals surface area contributed by atoms with Crippen molar-refractivity contribution in [1.29, 1.82) is 0 Å². The topological polar surface area (TPSA) is 153 Å². The van der Waals surface area contributed by atoms with Crippen molar-refractivity contribution in [2.24, 2.45) is 11.1 Å². The summed E-state index contributed by atoms with van der Waals surface area (Å²) in [5.41, 5.74) is 5.44. The minimum absolute atomic E-state index is 0.0895. The second-order valence-corrected chi connectivity index (χ2v) is 14.8. The van der Waals surface area contributed by atoms with Crippen LogP contribution in [0.15, 0.2) is 76.4 Å². The summed E-state index contributed by atoms with van der Waals surface area (Å²) in [6.07, 6.45) is 1.52. The summed E-state index contributed by atoms with van der Waals surface area (Å²) in [7, 11) is -4.33. The molecule has 0 aliphatic rings. The molecule has 10 nitrogen and oxygen atoms in total. The van der Waals surface area contributed by atoms with E-state index < -0.39 is 43.8 Å². The van der Waals surface area contributed by atoms with Crippen molar-refractivity contribution >= 4 is 43.6 Å². The number of carboxylic acids is 1. The van der Waals surface area contributed by atoms with E-state index in [9.17, 15) is 23.1 Å². The van der Waals surface area contributed by atoms with E-state index in [2.05, 4.69) is 25.9 Å². The Bertz CT molecular complexity index is 1500. The molecule has 1 aromatic carbocycles. The first-order valence-electron chi connectivity index (χ1n) is 12.8. The molecule has 0 radical (unpaired) electrons. The van der Waals surface area contributed by atoms with Gasteiger partial charge in [0.2, 0.25) is 9.84 Å². The van der Waals surface area contributed by atoms with Crippen LogP contribution < -0.4 is 10.6 Å². The zero-order valence-corrected chi connectivity index (χ0v) is 26.2. The second kappa shape index (κ2) is 11.9. The number of benzene rings is 1. The van der Waals surface area contributed by atoms with Gasteiger partial charge in [-0.3, -0.25) is 4.98 Å². The number of nitrogens with zero attached hydrogens (tertiary/aromatic N) is 3. The van der Waals surface area contributed by atoms with E-state index in [1.54, 1.807) is 65.8 Å². The maximum absolute atomic E-state index is 14.1. The number of hydrogen-bond acceptors (Lipinski definition) is 8. The molecule has 220 valence electrons. The standard InChI is InChI=1S/C29H35BrN4O6S/c1-27(2,3)24(25(35)36)34(26(37)40-28(4,5)6)23-11-7-10-22(33-23)29(31,17-19-12-14-20(30)15-13-19)41(38,39)21-9-8-16-32-18-21/h7-16,18,24H,17,31H2,1-6H3,(H,35,36). The van der Waals surface area contributed by atoms with Gasteiger partial charge in [-0.1, -0.05) is 54.9 Å². The number of carboxylic acid groups (broad SMARTS) is 1. The number of sulfone groups is 1. The molecule has 2 aromatic heterocycles. The first-order valence-corrected chi connectivity index (χ1v) is 15.0. The predicted molar refractivity (Wildman–Crippen MR) is 159 cm³/mol. The Balaban J connectivity index is 2.28. The highest BCUT2D eigenvalue weighted by molar-refractivity contribution is 9.10. The maximum atomic E-state index is 14.1. The zero-order chi connectivity index (χ0) is 30.8. The largest absolute Gasteiger partial charge is 0.480 e. The number of pyridine rings is 2. The van der Waals surface area contributed by atoms with Crippen molar-refractivity contribution in [2.45, 2.75) is 69.4 Å². The molecule has 1 amide bonds. The van der Waals surface area contributed by atoms with Gasteiger partial charge in [-0.05, 0) is 68.1 Å². The van der Waals surface area contributed by atoms with Crippen LogP contribution in [0.3, 0.4) is 0 Å². The van der Waals surface area contributed by atoms with Crippen LogP contribution in [-0.4, -0.2) is 47.2 Å². The van der Waals surface area contributed by atoms with Crippen LogP contribution in [0.25, 0.3) is 0 Å². The van der Waals surface area contributed by atoms with Crippen LogP contribution in [0.2, 0.25) is 0 Å². The van der Waals surface area contributed by atoms with Crippen LogP contribution >= 0.6 is 15.9 Å². The van der Waals surface area contributed by atoms with Gasteiger partial charge in [-0.15, -0.1) is 0 Å². The van der Waals surface area contributed by atoms with Gasteiger partial charge in [0, 0.05) is 23.3 Å². The van der Waals surface area contributed by atoms with Gasteiger partial charge in [-0.2, -0.15) is 0 Å². The molecule has 0 saturated heterocycles. The molecule has 3 rings (SSSR count). The van der Waals surface area contributed by atoms with E-state index in [1.165, 1.54) is 42.7 Å². The van der Waals surface area contributed by atoms with E-state index in [4.69, 9.17) is 10.5 Å². The molecule has 0 bridgehead atoms. The summed E-state index contributed by atoms with van der Waals surface area (Å²) >= 11 is 3.38. The monoisotopic (exact) mass is 646 g/mol. The van der Waals surface area contributed by atoms with Gasteiger partial charge in [-0.25, -0.2) is 27.9 Å². The average molecular weight is 648 g/mol. The molecule has 0 fully saturated rings. The van der Waals surface area contributed by atoms with Gasteiger partial charge >= 0.3 is 12.1 Å². The molecule has 0 saturated carbocycles. The molecule has 0 spiro atoms. The number of carbonyl (C=O) groups excluding carboxylic acids is 1. The average Bonchev–Trinajstić information content (AvgIpc) is 2.87. The predicted octanol–water partition coefficient (Wildman–Crippen LogP) is 5.31. The number of nitrogens with two attached hydrogens (primary N) is 1. The smallest absolute Gasteiger partial charge is 0.416 e. The summed E-state index contributed by atoms with van der Waals surface area (Å²) in [5, 5.41) is 10.2. The van der Waals surface area contributed by atoms with Gasteiger partial charge in [0.15, 0.2) is 4.87 Å². The SMILES string of the molecule is CC(C)(C)OC(=O)N(c1cccc(C(N)(Cc2ccc(Br)cc2)S(=O)(=O)c2cccnc2)n1)C(C(=O)O)C(C)(C)C. The second-order valence-electron chi connectivity index (χ2n) is 11.7. The van der Waals surface area contributed by atoms with Crippen molar-refractivity contribution < 1.29 is 27.9 Å². The van der Waals surface area contributed by atoms with Crippen LogP contribution in [0.4, 0.5) is 10.6 Å². The van der Waals surface area contributed by atoms with E-state index in [0.717, 1.165) is 9.37 Å². The van der Waals surface area contributed by atoms with Crippen molar-refractivity contribution in [3.8, 4) is 0 Å². The lowest BCUT2D eigenvalue weighted by molar-refractivity contribution is -0.141. The third kappa shape index (κ3) is 7.30. The number of hydrogen-bond donors (Lipinski definition) is 2. The van der Waals surface area contributed by atoms with Crippen LogP contribution in [-0.2, 0) is 30.7 Å². The number of amides is 1. The lowest BCUT2D eigenvalue weighted by atomic mass is 9.85. The zero-order valence-electron chi connectivity index (χ0n) is 23.8. The first kappa shape index (κ1) is 32.2. The Morgan fingerprint density at radius 3 is 2.17 bits per heavy atom. The molecule has 12 heteroatoms. The number of aliphatic carboxylic acids is 1. The van der Waals surface area contributed by atoms with Gasteiger partial charge in [0.05, 0.1) is 10.6 Å². The Hall–Kier alpha value is -3.35. The lowest BCUT2D eigenvalue weighted by Crippen LogP contribution is -2.54. The molecule has 2 unspecified atom stereocenters. The van der Waals surface area contributed by atoms with Crippen LogP contribution in [0.5, 0.6) is 0 Å². The van der Waals surface area contributed by atoms with E-state index in [-0.39, 0.29) is 22.8 Å². The highest BCUT2D eigenvalue weighted by Crippen LogP contribution is 2.36. The number of aromatic nitrogens is 2. The molecule has 2 heterocycles. The Morgan fingerprint density at radius 1 is 1.02 bits per heavy atom. The van der Waals surface area contributed by atoms with Gasteiger partial charge in [0.25, 0.3) is 0 Å². The summed E-state index contributed by atoms with van der Waals surface area (Å²) in [6.45, 7) is 9.97. The molecule has 0 aliphatic heterocycles. The van der Waals surface area contributed by atoms with Gasteiger partial charge in [0.1, 0.15) is 17.5 Å². The van der Waals surface area contributed by atoms with Crippen molar-refractivity contribution in [3.05, 3.63) is 82.7 Å². The van der Waals surface area contributed by atoms with Crippen molar-refractivity contribution in [2.75, 3.05) is 4.90 Å². The molecule has 3 N–H and O–H groups in total.